The predicted molar refractivity (Wildman–Crippen MR) is 115 cm³/mol. The van der Waals surface area contributed by atoms with E-state index >= 15 is 0 Å². The van der Waals surface area contributed by atoms with E-state index in [1.165, 1.54) is 0 Å². The number of methoxy groups -OCH3 is 1. The lowest BCUT2D eigenvalue weighted by Crippen LogP contribution is -2.52. The van der Waals surface area contributed by atoms with Crippen molar-refractivity contribution in [1.82, 2.24) is 14.5 Å². The minimum atomic E-state index is -1.02. The van der Waals surface area contributed by atoms with E-state index in [0.29, 0.717) is 23.1 Å². The average Bonchev–Trinajstić information content (AvgIpc) is 3.36. The van der Waals surface area contributed by atoms with Gasteiger partial charge >= 0.3 is 5.97 Å². The first-order valence-corrected chi connectivity index (χ1v) is 10.9. The molecule has 2 N–H and O–H groups in total. The molecule has 10 heteroatoms. The fourth-order valence-electron chi connectivity index (χ4n) is 4.50. The number of hydrogen-bond donors (Lipinski definition) is 1. The molecule has 0 amide bonds. The predicted octanol–water partition coefficient (Wildman–Crippen LogP) is 4.05. The summed E-state index contributed by atoms with van der Waals surface area (Å²) >= 11 is 6.30. The Hall–Kier alpha value is -1.94. The molecule has 9 nitrogen and oxygen atoms in total. The highest BCUT2D eigenvalue weighted by Gasteiger charge is 2.47. The van der Waals surface area contributed by atoms with E-state index in [9.17, 15) is 4.79 Å². The molecule has 2 fully saturated rings. The van der Waals surface area contributed by atoms with Crippen molar-refractivity contribution in [2.24, 2.45) is 5.92 Å². The van der Waals surface area contributed by atoms with Crippen LogP contribution in [0.5, 0.6) is 0 Å². The van der Waals surface area contributed by atoms with Gasteiger partial charge in [0.05, 0.1) is 23.5 Å². The fraction of sp³-hybridized carbons (Fsp3) is 0.667. The Labute approximate surface area is 186 Å². The summed E-state index contributed by atoms with van der Waals surface area (Å²) in [6.07, 6.45) is 4.69. The summed E-state index contributed by atoms with van der Waals surface area (Å²) < 4.78 is 13.2. The third kappa shape index (κ3) is 4.24. The van der Waals surface area contributed by atoms with Crippen LogP contribution < -0.4 is 5.73 Å². The first-order chi connectivity index (χ1) is 14.6. The quantitative estimate of drug-likeness (QED) is 0.411. The third-order valence-corrected chi connectivity index (χ3v) is 6.59. The zero-order valence-electron chi connectivity index (χ0n) is 18.3. The van der Waals surface area contributed by atoms with E-state index in [0.717, 1.165) is 25.7 Å². The summed E-state index contributed by atoms with van der Waals surface area (Å²) in [4.78, 5) is 32.5. The van der Waals surface area contributed by atoms with Crippen molar-refractivity contribution < 1.29 is 24.0 Å². The van der Waals surface area contributed by atoms with Crippen LogP contribution in [-0.4, -0.2) is 45.6 Å². The zero-order valence-corrected chi connectivity index (χ0v) is 19.1. The molecule has 170 valence electrons. The Balaban J connectivity index is 1.63. The van der Waals surface area contributed by atoms with Crippen molar-refractivity contribution in [2.75, 3.05) is 19.5 Å². The Bertz CT molecular complexity index is 988. The molecule has 1 aliphatic heterocycles. The molecule has 3 heterocycles. The van der Waals surface area contributed by atoms with Gasteiger partial charge in [-0.1, -0.05) is 24.4 Å². The molecule has 2 aliphatic rings. The Morgan fingerprint density at radius 1 is 1.29 bits per heavy atom. The van der Waals surface area contributed by atoms with Gasteiger partial charge in [-0.3, -0.25) is 0 Å². The third-order valence-electron chi connectivity index (χ3n) is 6.30. The number of carbonyl (C=O) groups is 1. The summed E-state index contributed by atoms with van der Waals surface area (Å²) in [7, 11) is 1.54. The van der Waals surface area contributed by atoms with Crippen LogP contribution in [0, 0.1) is 5.92 Å². The second-order valence-corrected chi connectivity index (χ2v) is 9.45. The smallest absolute Gasteiger partial charge is 0.355 e. The van der Waals surface area contributed by atoms with Gasteiger partial charge in [-0.25, -0.2) is 19.6 Å². The lowest BCUT2D eigenvalue weighted by atomic mass is 9.87. The minimum absolute atomic E-state index is 0.0761. The molecule has 0 spiro atoms. The highest BCUT2D eigenvalue weighted by molar-refractivity contribution is 6.34. The number of nitrogens with two attached hydrogens (primary N) is 1. The van der Waals surface area contributed by atoms with Crippen molar-refractivity contribution in [2.45, 2.75) is 70.3 Å². The molecular formula is C21H29ClN4O5. The number of anilines is 1. The van der Waals surface area contributed by atoms with Crippen molar-refractivity contribution in [3.63, 3.8) is 0 Å². The van der Waals surface area contributed by atoms with Crippen LogP contribution >= 0.6 is 11.6 Å². The lowest BCUT2D eigenvalue weighted by Gasteiger charge is -2.44. The van der Waals surface area contributed by atoms with Gasteiger partial charge in [0.15, 0.2) is 0 Å². The summed E-state index contributed by atoms with van der Waals surface area (Å²) in [5.41, 5.74) is 6.27. The van der Waals surface area contributed by atoms with Gasteiger partial charge < -0.3 is 19.8 Å². The maximum Gasteiger partial charge on any atom is 0.355 e. The molecule has 2 aromatic rings. The number of aromatic nitrogens is 3. The monoisotopic (exact) mass is 452 g/mol. The number of fused-ring (bicyclic) bond motifs is 1. The zero-order chi connectivity index (χ0) is 22.4. The Morgan fingerprint density at radius 2 is 2.00 bits per heavy atom. The first kappa shape index (κ1) is 22.3. The van der Waals surface area contributed by atoms with Gasteiger partial charge in [0.2, 0.25) is 11.7 Å². The van der Waals surface area contributed by atoms with Crippen molar-refractivity contribution in [1.29, 1.82) is 0 Å². The summed E-state index contributed by atoms with van der Waals surface area (Å²) in [6, 6.07) is 1.83. The summed E-state index contributed by atoms with van der Waals surface area (Å²) in [5.74, 6) is -1.61. The number of ether oxygens (including phenoxy) is 2. The fourth-order valence-corrected chi connectivity index (χ4v) is 4.73. The normalized spacial score (nSPS) is 26.4. The van der Waals surface area contributed by atoms with Crippen LogP contribution in [-0.2, 0) is 19.2 Å². The van der Waals surface area contributed by atoms with Crippen LogP contribution in [0.25, 0.3) is 11.0 Å². The number of nitrogen functional groups attached to an aromatic ring is 1. The highest BCUT2D eigenvalue weighted by atomic mass is 35.5. The van der Waals surface area contributed by atoms with E-state index in [1.807, 2.05) is 18.4 Å². The van der Waals surface area contributed by atoms with Crippen molar-refractivity contribution >= 4 is 34.6 Å². The minimum Gasteiger partial charge on any atom is -0.461 e. The van der Waals surface area contributed by atoms with Crippen molar-refractivity contribution in [3.8, 4) is 0 Å². The second-order valence-electron chi connectivity index (χ2n) is 9.09. The van der Waals surface area contributed by atoms with E-state index in [4.69, 9.17) is 36.6 Å². The molecule has 0 bridgehead atoms. The molecule has 1 saturated carbocycles. The molecule has 0 aromatic carbocycles. The van der Waals surface area contributed by atoms with Crippen molar-refractivity contribution in [3.05, 3.63) is 16.9 Å². The van der Waals surface area contributed by atoms with Crippen LogP contribution in [0.15, 0.2) is 6.07 Å². The highest BCUT2D eigenvalue weighted by Crippen LogP contribution is 2.39. The number of esters is 1. The number of nitrogens with zero attached hydrogens (tertiary/aromatic N) is 3. The van der Waals surface area contributed by atoms with Gasteiger partial charge in [0, 0.05) is 13.2 Å². The molecule has 0 radical (unpaired) electrons. The van der Waals surface area contributed by atoms with Crippen LogP contribution in [0.1, 0.15) is 69.4 Å². The SMILES string of the molecule is COC1(C)OOC(C)(C)CC1COC(=O)c1cc2c(Cl)nc(N)nc2n1C1CCCC1. The van der Waals surface area contributed by atoms with E-state index in [2.05, 4.69) is 9.97 Å². The van der Waals surface area contributed by atoms with Gasteiger partial charge in [-0.05, 0) is 46.1 Å². The molecule has 1 aliphatic carbocycles. The van der Waals surface area contributed by atoms with Crippen LogP contribution in [0.2, 0.25) is 5.15 Å². The molecular weight excluding hydrogens is 424 g/mol. The average molecular weight is 453 g/mol. The Morgan fingerprint density at radius 3 is 2.68 bits per heavy atom. The number of hydrogen-bond acceptors (Lipinski definition) is 8. The number of halogens is 1. The summed E-state index contributed by atoms with van der Waals surface area (Å²) in [6.45, 7) is 5.72. The van der Waals surface area contributed by atoms with Gasteiger partial charge in [0.25, 0.3) is 0 Å². The second kappa shape index (κ2) is 8.20. The molecule has 2 aromatic heterocycles. The van der Waals surface area contributed by atoms with Gasteiger partial charge in [0.1, 0.15) is 16.5 Å². The molecule has 1 saturated heterocycles. The largest absolute Gasteiger partial charge is 0.461 e. The van der Waals surface area contributed by atoms with Crippen LogP contribution in [0.4, 0.5) is 5.95 Å². The molecule has 2 atom stereocenters. The molecule has 31 heavy (non-hydrogen) atoms. The summed E-state index contributed by atoms with van der Waals surface area (Å²) in [5, 5.41) is 0.812. The maximum atomic E-state index is 13.2. The van der Waals surface area contributed by atoms with E-state index in [1.54, 1.807) is 20.1 Å². The number of rotatable bonds is 5. The number of carbonyl (C=O) groups excluding carboxylic acids is 1. The molecule has 4 rings (SSSR count). The van der Waals surface area contributed by atoms with Crippen LogP contribution in [0.3, 0.4) is 0 Å². The van der Waals surface area contributed by atoms with E-state index < -0.39 is 17.4 Å². The van der Waals surface area contributed by atoms with Gasteiger partial charge in [-0.2, -0.15) is 4.98 Å². The standard InChI is InChI=1S/C21H29ClN4O5/c1-20(2)10-12(21(3,28-4)31-30-20)11-29-18(27)15-9-14-16(22)24-19(23)25-17(14)26(15)13-7-5-6-8-13/h9,12-13H,5-8,10-11H2,1-4H3,(H2,23,24,25). The van der Waals surface area contributed by atoms with E-state index in [-0.39, 0.29) is 29.7 Å². The lowest BCUT2D eigenvalue weighted by molar-refractivity contribution is -0.495. The molecule has 2 unspecified atom stereocenters. The topological polar surface area (TPSA) is 111 Å². The Kier molecular flexibility index (Phi) is 5.89. The first-order valence-electron chi connectivity index (χ1n) is 10.6. The van der Waals surface area contributed by atoms with Gasteiger partial charge in [-0.15, -0.1) is 0 Å². The maximum absolute atomic E-state index is 13.2.